The fraction of sp³-hybridized carbons (Fsp3) is 0.568. The van der Waals surface area contributed by atoms with Crippen LogP contribution in [-0.2, 0) is 23.8 Å². The molecule has 2 heterocycles. The molecule has 98 heavy (non-hydrogen) atoms. The number of methoxy groups -OCH3 is 3. The van der Waals surface area contributed by atoms with E-state index in [2.05, 4.69) is 117 Å². The van der Waals surface area contributed by atoms with Crippen molar-refractivity contribution in [3.05, 3.63) is 164 Å². The van der Waals surface area contributed by atoms with Crippen molar-refractivity contribution >= 4 is 41.0 Å². The second-order valence-electron chi connectivity index (χ2n) is 29.4. The first-order valence-corrected chi connectivity index (χ1v) is 40.0. The molecule has 1 atom stereocenters. The van der Waals surface area contributed by atoms with Gasteiger partial charge in [-0.05, 0) is 122 Å². The van der Waals surface area contributed by atoms with Crippen molar-refractivity contribution in [2.45, 2.75) is 288 Å². The lowest BCUT2D eigenvalue weighted by Gasteiger charge is -2.27. The Balaban J connectivity index is 0.901. The monoisotopic (exact) mass is 1350 g/mol. The number of allylic oxidation sites excluding steroid dienone is 4. The molecule has 0 bridgehead atoms. The van der Waals surface area contributed by atoms with E-state index in [0.717, 1.165) is 52.9 Å². The molecule has 0 unspecified atom stereocenters. The van der Waals surface area contributed by atoms with Crippen LogP contribution in [0.5, 0.6) is 17.2 Å². The van der Waals surface area contributed by atoms with Gasteiger partial charge in [-0.2, -0.15) is 4.58 Å². The number of aliphatic imine (C=N–C) groups is 1. The highest BCUT2D eigenvalue weighted by molar-refractivity contribution is 7.98. The van der Waals surface area contributed by atoms with Crippen LogP contribution in [0.2, 0.25) is 0 Å². The van der Waals surface area contributed by atoms with Gasteiger partial charge in [-0.15, -0.1) is 11.8 Å². The van der Waals surface area contributed by atoms with Crippen molar-refractivity contribution in [1.82, 2.24) is 5.32 Å². The summed E-state index contributed by atoms with van der Waals surface area (Å²) in [5.74, 6) is 1.53. The molecule has 0 aromatic heterocycles. The molecule has 1 N–H and O–H groups in total. The molecule has 3 aliphatic rings. The van der Waals surface area contributed by atoms with E-state index >= 15 is 0 Å². The maximum Gasteiger partial charge on any atom is 0.251 e. The molecule has 9 nitrogen and oxygen atoms in total. The lowest BCUT2D eigenvalue weighted by Crippen LogP contribution is -2.28. The van der Waals surface area contributed by atoms with Gasteiger partial charge in [-0.3, -0.25) is 14.6 Å². The Kier molecular flexibility index (Phi) is 32.2. The first kappa shape index (κ1) is 77.3. The van der Waals surface area contributed by atoms with Crippen LogP contribution in [0.25, 0.3) is 11.1 Å². The molecule has 8 rings (SSSR count). The summed E-state index contributed by atoms with van der Waals surface area (Å²) < 4.78 is 20.2. The zero-order valence-electron chi connectivity index (χ0n) is 62.5. The number of nitrogens with zero attached hydrogens (tertiary/aromatic N) is 3. The smallest absolute Gasteiger partial charge is 0.251 e. The zero-order valence-corrected chi connectivity index (χ0v) is 63.3. The van der Waals surface area contributed by atoms with Crippen LogP contribution < -0.4 is 29.9 Å². The molecule has 0 saturated heterocycles. The van der Waals surface area contributed by atoms with Crippen LogP contribution in [0.1, 0.15) is 303 Å². The van der Waals surface area contributed by atoms with E-state index in [4.69, 9.17) is 19.2 Å². The van der Waals surface area contributed by atoms with Gasteiger partial charge in [-0.25, -0.2) is 0 Å². The molecular weight excluding hydrogens is 1230 g/mol. The summed E-state index contributed by atoms with van der Waals surface area (Å²) in [4.78, 5) is 36.0. The highest BCUT2D eigenvalue weighted by Crippen LogP contribution is 2.52. The number of aryl methyl sites for hydroxylation is 1. The third kappa shape index (κ3) is 21.3. The quantitative estimate of drug-likeness (QED) is 0.0180. The minimum atomic E-state index is -0.320. The number of anilines is 1. The third-order valence-corrected chi connectivity index (χ3v) is 22.2. The number of carbonyl (C=O) groups is 1. The predicted molar refractivity (Wildman–Crippen MR) is 418 cm³/mol. The van der Waals surface area contributed by atoms with Crippen molar-refractivity contribution in [3.63, 3.8) is 0 Å². The number of hydrogen-bond donors (Lipinski definition) is 1. The maximum atomic E-state index is 14.0. The summed E-state index contributed by atoms with van der Waals surface area (Å²) in [6.07, 6.45) is 56.2. The van der Waals surface area contributed by atoms with Crippen LogP contribution in [0.3, 0.4) is 0 Å². The molecule has 1 amide bonds. The van der Waals surface area contributed by atoms with Gasteiger partial charge in [0, 0.05) is 71.4 Å². The lowest BCUT2D eigenvalue weighted by molar-refractivity contribution is -0.438. The van der Waals surface area contributed by atoms with Crippen LogP contribution in [0.15, 0.2) is 130 Å². The third-order valence-electron chi connectivity index (χ3n) is 21.5. The fourth-order valence-electron chi connectivity index (χ4n) is 15.6. The van der Waals surface area contributed by atoms with Crippen molar-refractivity contribution in [2.75, 3.05) is 45.6 Å². The van der Waals surface area contributed by atoms with E-state index in [1.807, 2.05) is 54.9 Å². The molecule has 2 aliphatic heterocycles. The fourth-order valence-corrected chi connectivity index (χ4v) is 16.1. The topological polar surface area (TPSA) is 92.5 Å². The van der Waals surface area contributed by atoms with Crippen molar-refractivity contribution in [2.24, 2.45) is 4.99 Å². The van der Waals surface area contributed by atoms with E-state index in [0.29, 0.717) is 47.1 Å². The Labute approximate surface area is 597 Å². The van der Waals surface area contributed by atoms with Crippen LogP contribution in [-0.4, -0.2) is 63.1 Å². The number of benzene rings is 4. The zero-order chi connectivity index (χ0) is 69.5. The number of hydrogen-bond acceptors (Lipinski definition) is 8. The molecule has 1 aliphatic carbocycles. The Morgan fingerprint density at radius 1 is 0.622 bits per heavy atom. The van der Waals surface area contributed by atoms with E-state index in [1.165, 1.54) is 245 Å². The lowest BCUT2D eigenvalue weighted by atomic mass is 9.81. The second-order valence-corrected chi connectivity index (χ2v) is 30.3. The van der Waals surface area contributed by atoms with Gasteiger partial charge in [0.2, 0.25) is 11.4 Å². The summed E-state index contributed by atoms with van der Waals surface area (Å²) in [5, 5.41) is 3.26. The number of nitrogens with one attached hydrogen (secondary N) is 1. The molecule has 532 valence electrons. The van der Waals surface area contributed by atoms with Crippen molar-refractivity contribution in [3.8, 4) is 28.4 Å². The first-order valence-electron chi connectivity index (χ1n) is 38.8. The average molecular weight is 1350 g/mol. The normalized spacial score (nSPS) is 15.6. The average Bonchev–Trinajstić information content (AvgIpc) is 1.59. The number of amides is 1. The summed E-state index contributed by atoms with van der Waals surface area (Å²) in [5.41, 5.74) is 13.8. The number of rotatable bonds is 45. The number of fused-ring (bicyclic) bond motifs is 5. The van der Waals surface area contributed by atoms with Crippen LogP contribution in [0, 0.1) is 0 Å². The number of para-hydroxylation sites is 1. The van der Waals surface area contributed by atoms with Gasteiger partial charge >= 0.3 is 0 Å². The SMILES string of the molecule is CCCCCCCCCCCCCCCCCCCCCC[N+]1=C(/C=C\C=C2\N(CCCCCCCCCCCCCC)c3ccc(CNC(=O)c4ccc(C=N[C@H]5CCc6cc(OC)c(OC)c(OC)c6-c6ccc(SC)c(=O)cc65)cc4)cc3C2(C)C)C(C)(C)c2ccccc21. The molecule has 5 aromatic rings. The molecule has 0 radical (unpaired) electrons. The number of ether oxygens (including phenoxy) is 3. The molecular formula is C88H125N4O5S+. The Morgan fingerprint density at radius 3 is 1.74 bits per heavy atom. The molecule has 5 aromatic carbocycles. The standard InChI is InChI=1S/C88H124N4O5S/c1-11-13-15-17-19-21-23-25-26-27-28-29-30-31-32-34-36-37-39-43-60-91-76-47-42-41-46-73(76)87(3,4)81(91)48-45-49-82-88(5,6)74-62-68(52-58-77(74)92(82)61-44-40-38-35-33-24-22-20-18-16-14-12-2)66-90-86(94)69-53-50-67(51-54-69)65-89-75-57-55-70-63-79(95-7)84(96-8)85(97-9)83(70)71-56-59-80(98-10)78(93)64-72(71)75/h41-42,45-54,56,58-59,62-65,75H,11-40,43-44,55,57,60-61,66H2,1-10H3/p+1/t75-/m0/s1. The van der Waals surface area contributed by atoms with Crippen molar-refractivity contribution in [1.29, 1.82) is 0 Å². The van der Waals surface area contributed by atoms with Crippen LogP contribution >= 0.6 is 11.8 Å². The molecule has 0 saturated carbocycles. The Hall–Kier alpha value is -6.39. The van der Waals surface area contributed by atoms with Gasteiger partial charge in [0.15, 0.2) is 22.6 Å². The van der Waals surface area contributed by atoms with E-state index in [9.17, 15) is 9.59 Å². The Morgan fingerprint density at radius 2 is 1.18 bits per heavy atom. The summed E-state index contributed by atoms with van der Waals surface area (Å²) in [6.45, 7) is 16.6. The van der Waals surface area contributed by atoms with E-state index < -0.39 is 0 Å². The summed E-state index contributed by atoms with van der Waals surface area (Å²) >= 11 is 1.43. The van der Waals surface area contributed by atoms with Gasteiger partial charge in [0.05, 0.1) is 37.7 Å². The van der Waals surface area contributed by atoms with Gasteiger partial charge in [-0.1, -0.05) is 269 Å². The number of thioether (sulfide) groups is 1. The largest absolute Gasteiger partial charge is 0.493 e. The van der Waals surface area contributed by atoms with Gasteiger partial charge < -0.3 is 24.4 Å². The highest BCUT2D eigenvalue weighted by Gasteiger charge is 2.44. The first-order chi connectivity index (χ1) is 47.8. The minimum absolute atomic E-state index is 0.0512. The summed E-state index contributed by atoms with van der Waals surface area (Å²) in [7, 11) is 4.87. The van der Waals surface area contributed by atoms with Gasteiger partial charge in [0.25, 0.3) is 5.91 Å². The predicted octanol–water partition coefficient (Wildman–Crippen LogP) is 23.6. The number of carbonyl (C=O) groups excluding carboxylic acids is 1. The molecule has 0 spiro atoms. The second kappa shape index (κ2) is 40.8. The highest BCUT2D eigenvalue weighted by atomic mass is 32.2. The summed E-state index contributed by atoms with van der Waals surface area (Å²) in [6, 6.07) is 30.9. The van der Waals surface area contributed by atoms with E-state index in [1.54, 1.807) is 27.4 Å². The minimum Gasteiger partial charge on any atom is -0.493 e. The Bertz CT molecular complexity index is 3490. The van der Waals surface area contributed by atoms with Crippen LogP contribution in [0.4, 0.5) is 11.4 Å². The molecule has 10 heteroatoms. The number of unbranched alkanes of at least 4 members (excludes halogenated alkanes) is 30. The van der Waals surface area contributed by atoms with Gasteiger partial charge in [0.1, 0.15) is 6.54 Å². The van der Waals surface area contributed by atoms with Crippen molar-refractivity contribution < 1.29 is 23.6 Å². The molecule has 0 fully saturated rings. The maximum absolute atomic E-state index is 14.0. The van der Waals surface area contributed by atoms with E-state index in [-0.39, 0.29) is 28.2 Å².